The minimum Gasteiger partial charge on any atom is -0.310 e. The summed E-state index contributed by atoms with van der Waals surface area (Å²) in [4.78, 5) is 13.1. The van der Waals surface area contributed by atoms with Crippen molar-refractivity contribution in [3.05, 3.63) is 38.3 Å². The molecule has 116 valence electrons. The van der Waals surface area contributed by atoms with Gasteiger partial charge in [-0.15, -0.1) is 12.4 Å². The number of hydrogen-bond donors (Lipinski definition) is 1. The molecule has 7 heteroatoms. The molecule has 5 nitrogen and oxygen atoms in total. The summed E-state index contributed by atoms with van der Waals surface area (Å²) in [6.07, 6.45) is 3.72. The van der Waals surface area contributed by atoms with Crippen LogP contribution < -0.4 is 5.32 Å². The molecule has 2 heterocycles. The summed E-state index contributed by atoms with van der Waals surface area (Å²) in [5, 5.41) is 14.6. The van der Waals surface area contributed by atoms with Gasteiger partial charge in [0, 0.05) is 37.8 Å². The maximum absolute atomic E-state index is 11.0. The van der Waals surface area contributed by atoms with E-state index in [0.29, 0.717) is 16.6 Å². The lowest BCUT2D eigenvalue weighted by Gasteiger charge is -2.23. The molecule has 21 heavy (non-hydrogen) atoms. The van der Waals surface area contributed by atoms with Crippen molar-refractivity contribution in [3.8, 4) is 0 Å². The largest absolute Gasteiger partial charge is 0.310 e. The van der Waals surface area contributed by atoms with Crippen molar-refractivity contribution in [3.63, 3.8) is 0 Å². The van der Waals surface area contributed by atoms with E-state index >= 15 is 0 Å². The highest BCUT2D eigenvalue weighted by molar-refractivity contribution is 9.10. The van der Waals surface area contributed by atoms with Gasteiger partial charge < -0.3 is 5.32 Å². The van der Waals surface area contributed by atoms with Crippen LogP contribution in [0.25, 0.3) is 0 Å². The number of nitro benzene ring substituents is 1. The number of likely N-dealkylation sites (tertiary alicyclic amines) is 1. The quantitative estimate of drug-likeness (QED) is 0.650. The van der Waals surface area contributed by atoms with Gasteiger partial charge in [-0.05, 0) is 46.8 Å². The van der Waals surface area contributed by atoms with Crippen molar-refractivity contribution in [2.24, 2.45) is 0 Å². The molecule has 2 aliphatic heterocycles. The Kier molecular flexibility index (Phi) is 5.60. The first-order chi connectivity index (χ1) is 9.61. The van der Waals surface area contributed by atoms with E-state index in [1.165, 1.54) is 19.3 Å². The van der Waals surface area contributed by atoms with Gasteiger partial charge in [-0.25, -0.2) is 0 Å². The van der Waals surface area contributed by atoms with Crippen molar-refractivity contribution in [2.75, 3.05) is 13.1 Å². The third-order valence-corrected chi connectivity index (χ3v) is 4.89. The van der Waals surface area contributed by atoms with Crippen molar-refractivity contribution in [2.45, 2.75) is 37.9 Å². The molecule has 3 rings (SSSR count). The first kappa shape index (κ1) is 16.7. The molecule has 0 saturated carbocycles. The molecule has 0 amide bonds. The van der Waals surface area contributed by atoms with Crippen molar-refractivity contribution < 1.29 is 4.92 Å². The first-order valence-corrected chi connectivity index (χ1v) is 7.82. The van der Waals surface area contributed by atoms with Gasteiger partial charge in [0.15, 0.2) is 0 Å². The molecule has 2 saturated heterocycles. The van der Waals surface area contributed by atoms with E-state index in [2.05, 4.69) is 26.1 Å². The minimum atomic E-state index is -0.334. The second-order valence-electron chi connectivity index (χ2n) is 5.70. The van der Waals surface area contributed by atoms with Gasteiger partial charge in [0.1, 0.15) is 0 Å². The van der Waals surface area contributed by atoms with Gasteiger partial charge >= 0.3 is 0 Å². The van der Waals surface area contributed by atoms with Crippen LogP contribution in [0.4, 0.5) is 5.69 Å². The highest BCUT2D eigenvalue weighted by atomic mass is 79.9. The van der Waals surface area contributed by atoms with Gasteiger partial charge in [-0.2, -0.15) is 0 Å². The second kappa shape index (κ2) is 7.05. The molecule has 0 radical (unpaired) electrons. The number of fused-ring (bicyclic) bond motifs is 2. The zero-order chi connectivity index (χ0) is 14.1. The average Bonchev–Trinajstić information content (AvgIpc) is 2.74. The van der Waals surface area contributed by atoms with E-state index in [1.807, 2.05) is 6.07 Å². The Morgan fingerprint density at radius 3 is 2.86 bits per heavy atom. The predicted octanol–water partition coefficient (Wildman–Crippen LogP) is 3.11. The molecule has 1 N–H and O–H groups in total. The summed E-state index contributed by atoms with van der Waals surface area (Å²) in [7, 11) is 0. The Hall–Kier alpha value is -0.690. The van der Waals surface area contributed by atoms with Crippen LogP contribution >= 0.6 is 28.3 Å². The lowest BCUT2D eigenvalue weighted by atomic mass is 10.1. The molecular formula is C14H19BrClN3O2. The van der Waals surface area contributed by atoms with E-state index < -0.39 is 0 Å². The maximum Gasteiger partial charge on any atom is 0.283 e. The molecule has 0 spiro atoms. The fourth-order valence-corrected chi connectivity index (χ4v) is 3.61. The number of nitro groups is 1. The molecule has 2 atom stereocenters. The summed E-state index contributed by atoms with van der Waals surface area (Å²) in [6, 6.07) is 6.68. The maximum atomic E-state index is 11.0. The summed E-state index contributed by atoms with van der Waals surface area (Å²) in [5.74, 6) is 0. The third kappa shape index (κ3) is 3.94. The first-order valence-electron chi connectivity index (χ1n) is 7.03. The van der Waals surface area contributed by atoms with Crippen molar-refractivity contribution >= 4 is 34.0 Å². The van der Waals surface area contributed by atoms with E-state index in [-0.39, 0.29) is 23.0 Å². The van der Waals surface area contributed by atoms with Gasteiger partial charge in [0.2, 0.25) is 0 Å². The number of benzene rings is 1. The predicted molar refractivity (Wildman–Crippen MR) is 87.9 cm³/mol. The molecule has 2 bridgehead atoms. The Balaban J connectivity index is 0.00000161. The Morgan fingerprint density at radius 2 is 2.10 bits per heavy atom. The molecule has 1 aromatic carbocycles. The normalized spacial score (nSPS) is 25.2. The lowest BCUT2D eigenvalue weighted by molar-refractivity contribution is -0.385. The number of nitrogens with zero attached hydrogens (tertiary/aromatic N) is 2. The number of halogens is 2. The van der Waals surface area contributed by atoms with E-state index in [0.717, 1.165) is 25.2 Å². The number of rotatable bonds is 3. The molecular weight excluding hydrogens is 358 g/mol. The van der Waals surface area contributed by atoms with Crippen LogP contribution in [0.15, 0.2) is 22.7 Å². The lowest BCUT2D eigenvalue weighted by Crippen LogP contribution is -2.34. The van der Waals surface area contributed by atoms with Gasteiger partial charge in [0.25, 0.3) is 5.69 Å². The van der Waals surface area contributed by atoms with Gasteiger partial charge in [0.05, 0.1) is 9.40 Å². The molecule has 0 aliphatic carbocycles. The molecule has 0 aromatic heterocycles. The van der Waals surface area contributed by atoms with Gasteiger partial charge in [-0.1, -0.05) is 6.07 Å². The second-order valence-corrected chi connectivity index (χ2v) is 6.56. The Labute approximate surface area is 138 Å². The molecule has 1 aromatic rings. The number of nitrogens with one attached hydrogen (secondary N) is 1. The zero-order valence-corrected chi connectivity index (χ0v) is 14.0. The van der Waals surface area contributed by atoms with Crippen LogP contribution in [0.1, 0.15) is 24.8 Å². The Morgan fingerprint density at radius 1 is 1.33 bits per heavy atom. The van der Waals surface area contributed by atoms with Crippen molar-refractivity contribution in [1.29, 1.82) is 0 Å². The summed E-state index contributed by atoms with van der Waals surface area (Å²) >= 11 is 3.23. The molecule has 2 fully saturated rings. The third-order valence-electron chi connectivity index (χ3n) is 4.22. The van der Waals surface area contributed by atoms with Gasteiger partial charge in [-0.3, -0.25) is 15.0 Å². The highest BCUT2D eigenvalue weighted by Gasteiger charge is 2.29. The van der Waals surface area contributed by atoms with Crippen LogP contribution in [0.5, 0.6) is 0 Å². The molecule has 2 unspecified atom stereocenters. The smallest absolute Gasteiger partial charge is 0.283 e. The topological polar surface area (TPSA) is 58.4 Å². The average molecular weight is 377 g/mol. The van der Waals surface area contributed by atoms with Crippen LogP contribution in [-0.2, 0) is 6.54 Å². The van der Waals surface area contributed by atoms with Crippen LogP contribution in [0.2, 0.25) is 0 Å². The van der Waals surface area contributed by atoms with Crippen LogP contribution in [0, 0.1) is 10.1 Å². The monoisotopic (exact) mass is 375 g/mol. The zero-order valence-electron chi connectivity index (χ0n) is 11.6. The van der Waals surface area contributed by atoms with E-state index in [9.17, 15) is 10.1 Å². The summed E-state index contributed by atoms with van der Waals surface area (Å²) in [6.45, 7) is 2.90. The highest BCUT2D eigenvalue weighted by Crippen LogP contribution is 2.27. The fraction of sp³-hybridized carbons (Fsp3) is 0.571. The van der Waals surface area contributed by atoms with E-state index in [4.69, 9.17) is 0 Å². The summed E-state index contributed by atoms with van der Waals surface area (Å²) < 4.78 is 0.544. The van der Waals surface area contributed by atoms with Crippen molar-refractivity contribution in [1.82, 2.24) is 10.2 Å². The minimum absolute atomic E-state index is 0. The molecule has 2 aliphatic rings. The standard InChI is InChI=1S/C14H18BrN3O2.ClH/c15-13-4-1-10(7-14(13)18(19)20)8-17-6-5-11-2-3-12(9-17)16-11;/h1,4,7,11-12,16H,2-3,5-6,8-9H2;1H. The fourth-order valence-electron chi connectivity index (χ4n) is 3.21. The number of hydrogen-bond acceptors (Lipinski definition) is 4. The SMILES string of the molecule is Cl.O=[N+]([O-])c1cc(CN2CCC3CCC(C2)N3)ccc1Br. The summed E-state index contributed by atoms with van der Waals surface area (Å²) in [5.41, 5.74) is 1.16. The van der Waals surface area contributed by atoms with Crippen LogP contribution in [-0.4, -0.2) is 35.0 Å². The van der Waals surface area contributed by atoms with E-state index in [1.54, 1.807) is 12.1 Å². The Bertz CT molecular complexity index is 529. The van der Waals surface area contributed by atoms with Crippen LogP contribution in [0.3, 0.4) is 0 Å².